The number of halogens is 1. The Hall–Kier alpha value is -2.34. The van der Waals surface area contributed by atoms with E-state index in [0.717, 1.165) is 0 Å². The van der Waals surface area contributed by atoms with E-state index < -0.39 is 11.9 Å². The van der Waals surface area contributed by atoms with Crippen LogP contribution in [-0.4, -0.2) is 26.5 Å². The Morgan fingerprint density at radius 1 is 1.50 bits per heavy atom. The van der Waals surface area contributed by atoms with Crippen molar-refractivity contribution < 1.29 is 14.7 Å². The van der Waals surface area contributed by atoms with Gasteiger partial charge in [-0.05, 0) is 19.1 Å². The summed E-state index contributed by atoms with van der Waals surface area (Å²) < 4.78 is 1.68. The molecule has 2 aromatic rings. The number of carbonyl (C=O) groups excluding carboxylic acids is 1. The van der Waals surface area contributed by atoms with E-state index in [2.05, 4.69) is 10.3 Å². The molecule has 7 heteroatoms. The Bertz CT molecular complexity index is 667. The fourth-order valence-electron chi connectivity index (χ4n) is 1.79. The smallest absolute Gasteiger partial charge is 0.337 e. The summed E-state index contributed by atoms with van der Waals surface area (Å²) in [7, 11) is 0. The number of nitrogens with one attached hydrogen (secondary N) is 1. The second-order valence-electron chi connectivity index (χ2n) is 4.01. The van der Waals surface area contributed by atoms with Gasteiger partial charge in [0, 0.05) is 18.9 Å². The van der Waals surface area contributed by atoms with Crippen LogP contribution in [-0.2, 0) is 6.54 Å². The highest BCUT2D eigenvalue weighted by molar-refractivity contribution is 6.31. The summed E-state index contributed by atoms with van der Waals surface area (Å²) in [5.74, 6) is -1.57. The predicted molar refractivity (Wildman–Crippen MR) is 74.3 cm³/mol. The van der Waals surface area contributed by atoms with Gasteiger partial charge in [0.25, 0.3) is 5.91 Å². The molecule has 0 fully saturated rings. The lowest BCUT2D eigenvalue weighted by atomic mass is 10.2. The Morgan fingerprint density at radius 2 is 2.25 bits per heavy atom. The molecule has 0 saturated carbocycles. The highest BCUT2D eigenvalue weighted by atomic mass is 35.5. The summed E-state index contributed by atoms with van der Waals surface area (Å²) in [6, 6.07) is 2.85. The summed E-state index contributed by atoms with van der Waals surface area (Å²) in [5.41, 5.74) is 0.483. The normalized spacial score (nSPS) is 10.3. The van der Waals surface area contributed by atoms with Crippen molar-refractivity contribution >= 4 is 29.2 Å². The van der Waals surface area contributed by atoms with Gasteiger partial charge in [-0.3, -0.25) is 9.78 Å². The van der Waals surface area contributed by atoms with Crippen molar-refractivity contribution in [2.24, 2.45) is 0 Å². The third-order valence-corrected chi connectivity index (χ3v) is 2.94. The number of aromatic nitrogens is 2. The number of aromatic carboxylic acids is 1. The molecule has 0 aliphatic carbocycles. The first-order valence-corrected chi connectivity index (χ1v) is 6.25. The van der Waals surface area contributed by atoms with Crippen molar-refractivity contribution in [1.82, 2.24) is 9.55 Å². The highest BCUT2D eigenvalue weighted by Crippen LogP contribution is 2.18. The zero-order chi connectivity index (χ0) is 14.7. The lowest BCUT2D eigenvalue weighted by Gasteiger charge is -2.09. The van der Waals surface area contributed by atoms with Crippen LogP contribution < -0.4 is 5.32 Å². The number of rotatable bonds is 4. The molecule has 2 heterocycles. The number of hydrogen-bond acceptors (Lipinski definition) is 3. The number of amides is 1. The Labute approximate surface area is 120 Å². The van der Waals surface area contributed by atoms with Crippen molar-refractivity contribution in [3.05, 3.63) is 47.0 Å². The molecule has 104 valence electrons. The van der Waals surface area contributed by atoms with E-state index in [4.69, 9.17) is 16.7 Å². The Morgan fingerprint density at radius 3 is 2.90 bits per heavy atom. The minimum Gasteiger partial charge on any atom is -0.478 e. The van der Waals surface area contributed by atoms with Crippen LogP contribution in [0.2, 0.25) is 5.02 Å². The molecular formula is C13H12ClN3O3. The highest BCUT2D eigenvalue weighted by Gasteiger charge is 2.16. The fourth-order valence-corrected chi connectivity index (χ4v) is 2.01. The van der Waals surface area contributed by atoms with Crippen LogP contribution in [0.1, 0.15) is 27.8 Å². The quantitative estimate of drug-likeness (QED) is 0.907. The summed E-state index contributed by atoms with van der Waals surface area (Å²) >= 11 is 5.87. The van der Waals surface area contributed by atoms with Crippen molar-refractivity contribution in [1.29, 1.82) is 0 Å². The Balaban J connectivity index is 2.30. The van der Waals surface area contributed by atoms with E-state index in [0.29, 0.717) is 17.3 Å². The van der Waals surface area contributed by atoms with Gasteiger partial charge in [-0.2, -0.15) is 0 Å². The third kappa shape index (κ3) is 2.80. The van der Waals surface area contributed by atoms with E-state index in [1.54, 1.807) is 10.8 Å². The second kappa shape index (κ2) is 5.75. The minimum absolute atomic E-state index is 0.0194. The molecule has 2 rings (SSSR count). The van der Waals surface area contributed by atoms with E-state index in [-0.39, 0.29) is 11.3 Å². The maximum Gasteiger partial charge on any atom is 0.337 e. The van der Waals surface area contributed by atoms with Gasteiger partial charge in [-0.1, -0.05) is 11.6 Å². The molecule has 0 unspecified atom stereocenters. The number of carboxylic acids is 1. The monoisotopic (exact) mass is 293 g/mol. The topological polar surface area (TPSA) is 84.2 Å². The third-order valence-electron chi connectivity index (χ3n) is 2.74. The average molecular weight is 294 g/mol. The van der Waals surface area contributed by atoms with Crippen LogP contribution in [0.4, 0.5) is 5.69 Å². The van der Waals surface area contributed by atoms with Gasteiger partial charge in [0.15, 0.2) is 0 Å². The molecule has 2 N–H and O–H groups in total. The number of anilines is 1. The molecular weight excluding hydrogens is 282 g/mol. The SMILES string of the molecule is CCn1cc(Cl)cc1C(=O)Nc1cnccc1C(=O)O. The largest absolute Gasteiger partial charge is 0.478 e. The van der Waals surface area contributed by atoms with Crippen LogP contribution in [0.15, 0.2) is 30.7 Å². The average Bonchev–Trinajstić information content (AvgIpc) is 2.80. The second-order valence-corrected chi connectivity index (χ2v) is 4.45. The van der Waals surface area contributed by atoms with Crippen LogP contribution in [0.5, 0.6) is 0 Å². The van der Waals surface area contributed by atoms with Crippen molar-refractivity contribution in [3.8, 4) is 0 Å². The molecule has 6 nitrogen and oxygen atoms in total. The van der Waals surface area contributed by atoms with E-state index in [9.17, 15) is 9.59 Å². The van der Waals surface area contributed by atoms with Gasteiger partial charge in [0.2, 0.25) is 0 Å². The number of aryl methyl sites for hydroxylation is 1. The first kappa shape index (κ1) is 14.1. The predicted octanol–water partition coefficient (Wildman–Crippen LogP) is 2.51. The van der Waals surface area contributed by atoms with Crippen LogP contribution in [0, 0.1) is 0 Å². The summed E-state index contributed by atoms with van der Waals surface area (Å²) in [5, 5.41) is 12.0. The van der Waals surface area contributed by atoms with Crippen LogP contribution in [0.25, 0.3) is 0 Å². The molecule has 0 radical (unpaired) electrons. The van der Waals surface area contributed by atoms with Crippen molar-refractivity contribution in [3.63, 3.8) is 0 Å². The molecule has 0 aromatic carbocycles. The van der Waals surface area contributed by atoms with Gasteiger partial charge < -0.3 is 15.0 Å². The minimum atomic E-state index is -1.13. The molecule has 0 saturated heterocycles. The van der Waals surface area contributed by atoms with Crippen LogP contribution >= 0.6 is 11.6 Å². The van der Waals surface area contributed by atoms with Gasteiger partial charge >= 0.3 is 5.97 Å². The lowest BCUT2D eigenvalue weighted by Crippen LogP contribution is -2.18. The van der Waals surface area contributed by atoms with E-state index in [1.807, 2.05) is 6.92 Å². The van der Waals surface area contributed by atoms with E-state index in [1.165, 1.54) is 24.5 Å². The zero-order valence-electron chi connectivity index (χ0n) is 10.6. The standard InChI is InChI=1S/C13H12ClN3O3/c1-2-17-7-8(14)5-11(17)12(18)16-10-6-15-4-3-9(10)13(19)20/h3-7H,2H2,1H3,(H,16,18)(H,19,20). The maximum atomic E-state index is 12.2. The maximum absolute atomic E-state index is 12.2. The molecule has 0 atom stereocenters. The molecule has 0 aliphatic heterocycles. The molecule has 0 spiro atoms. The van der Waals surface area contributed by atoms with Crippen molar-refractivity contribution in [2.45, 2.75) is 13.5 Å². The number of carboxylic acid groups (broad SMARTS) is 1. The summed E-state index contributed by atoms with van der Waals surface area (Å²) in [6.07, 6.45) is 4.28. The lowest BCUT2D eigenvalue weighted by molar-refractivity contribution is 0.0698. The van der Waals surface area contributed by atoms with Gasteiger partial charge in [0.05, 0.1) is 22.5 Å². The molecule has 20 heavy (non-hydrogen) atoms. The summed E-state index contributed by atoms with van der Waals surface area (Å²) in [4.78, 5) is 27.0. The first-order valence-electron chi connectivity index (χ1n) is 5.87. The number of pyridine rings is 1. The van der Waals surface area contributed by atoms with E-state index >= 15 is 0 Å². The molecule has 2 aromatic heterocycles. The summed E-state index contributed by atoms with van der Waals surface area (Å²) in [6.45, 7) is 2.45. The molecule has 1 amide bonds. The zero-order valence-corrected chi connectivity index (χ0v) is 11.4. The Kier molecular flexibility index (Phi) is 4.05. The van der Waals surface area contributed by atoms with Crippen LogP contribution in [0.3, 0.4) is 0 Å². The van der Waals surface area contributed by atoms with Gasteiger partial charge in [-0.15, -0.1) is 0 Å². The fraction of sp³-hybridized carbons (Fsp3) is 0.154. The molecule has 0 bridgehead atoms. The number of hydrogen-bond donors (Lipinski definition) is 2. The van der Waals surface area contributed by atoms with Crippen molar-refractivity contribution in [2.75, 3.05) is 5.32 Å². The van der Waals surface area contributed by atoms with Gasteiger partial charge in [0.1, 0.15) is 5.69 Å². The van der Waals surface area contributed by atoms with Gasteiger partial charge in [-0.25, -0.2) is 4.79 Å². The molecule has 0 aliphatic rings. The number of nitrogens with zero attached hydrogens (tertiary/aromatic N) is 2. The first-order chi connectivity index (χ1) is 9.52. The number of carbonyl (C=O) groups is 2.